The maximum Gasteiger partial charge on any atom is 0.258 e. The van der Waals surface area contributed by atoms with Crippen LogP contribution in [0.5, 0.6) is 0 Å². The number of sulfone groups is 1. The van der Waals surface area contributed by atoms with Gasteiger partial charge >= 0.3 is 0 Å². The molecule has 5 heteroatoms. The van der Waals surface area contributed by atoms with Crippen LogP contribution < -0.4 is 5.56 Å². The van der Waals surface area contributed by atoms with Crippen molar-refractivity contribution in [3.05, 3.63) is 58.5 Å². The topological polar surface area (TPSA) is 56.1 Å². The Morgan fingerprint density at radius 2 is 1.75 bits per heavy atom. The summed E-state index contributed by atoms with van der Waals surface area (Å²) in [7, 11) is -1.52. The first-order chi connectivity index (χ1) is 9.44. The van der Waals surface area contributed by atoms with Gasteiger partial charge in [0.25, 0.3) is 5.56 Å². The van der Waals surface area contributed by atoms with E-state index < -0.39 is 9.84 Å². The van der Waals surface area contributed by atoms with Crippen molar-refractivity contribution in [3.8, 4) is 11.1 Å². The van der Waals surface area contributed by atoms with E-state index in [9.17, 15) is 13.2 Å². The molecule has 2 rings (SSSR count). The van der Waals surface area contributed by atoms with Crippen molar-refractivity contribution in [3.63, 3.8) is 0 Å². The highest BCUT2D eigenvalue weighted by molar-refractivity contribution is 7.90. The quantitative estimate of drug-likeness (QED) is 0.865. The summed E-state index contributed by atoms with van der Waals surface area (Å²) in [6.07, 6.45) is 1.61. The Hall–Kier alpha value is -1.88. The van der Waals surface area contributed by atoms with Crippen LogP contribution in [0.2, 0.25) is 0 Å². The number of rotatable bonds is 4. The molecule has 0 saturated carbocycles. The van der Waals surface area contributed by atoms with Crippen molar-refractivity contribution in [1.29, 1.82) is 0 Å². The summed E-state index contributed by atoms with van der Waals surface area (Å²) >= 11 is 0. The molecular weight excluding hydrogens is 274 g/mol. The first-order valence-corrected chi connectivity index (χ1v) is 8.21. The number of aryl methyl sites for hydroxylation is 1. The molecule has 1 aromatic carbocycles. The van der Waals surface area contributed by atoms with Gasteiger partial charge in [-0.05, 0) is 17.2 Å². The molecule has 0 aliphatic heterocycles. The van der Waals surface area contributed by atoms with Gasteiger partial charge in [-0.25, -0.2) is 8.42 Å². The average Bonchev–Trinajstić information content (AvgIpc) is 2.44. The summed E-state index contributed by atoms with van der Waals surface area (Å²) in [6.45, 7) is 1.61. The molecule has 2 aromatic rings. The number of nitrogens with zero attached hydrogens (tertiary/aromatic N) is 1. The lowest BCUT2D eigenvalue weighted by molar-refractivity contribution is 0.596. The molecule has 0 amide bonds. The molecule has 0 radical (unpaired) electrons. The largest absolute Gasteiger partial charge is 0.318 e. The molecule has 0 saturated heterocycles. The zero-order chi connectivity index (χ0) is 14.8. The SMILES string of the molecule is CCS(=O)(=O)Cc1ccn(C)c(=O)c1-c1ccccc1. The lowest BCUT2D eigenvalue weighted by Gasteiger charge is -2.11. The van der Waals surface area contributed by atoms with Gasteiger partial charge in [0.2, 0.25) is 0 Å². The number of hydrogen-bond acceptors (Lipinski definition) is 3. The molecule has 0 atom stereocenters. The van der Waals surface area contributed by atoms with E-state index in [2.05, 4.69) is 0 Å². The molecule has 0 aliphatic carbocycles. The Bertz CT molecular complexity index is 761. The number of pyridine rings is 1. The van der Waals surface area contributed by atoms with Crippen molar-refractivity contribution >= 4 is 9.84 Å². The minimum Gasteiger partial charge on any atom is -0.318 e. The molecule has 0 fully saturated rings. The fourth-order valence-electron chi connectivity index (χ4n) is 2.04. The first kappa shape index (κ1) is 14.5. The Labute approximate surface area is 118 Å². The normalized spacial score (nSPS) is 11.5. The van der Waals surface area contributed by atoms with Crippen LogP contribution >= 0.6 is 0 Å². The standard InChI is InChI=1S/C15H17NO3S/c1-3-20(18,19)11-13-9-10-16(2)15(17)14(13)12-7-5-4-6-8-12/h4-10H,3,11H2,1-2H3. The van der Waals surface area contributed by atoms with Crippen LogP contribution in [-0.2, 0) is 22.6 Å². The number of hydrogen-bond donors (Lipinski definition) is 0. The third-order valence-electron chi connectivity index (χ3n) is 3.23. The molecule has 0 aliphatic rings. The highest BCUT2D eigenvalue weighted by Gasteiger charge is 2.16. The zero-order valence-electron chi connectivity index (χ0n) is 11.5. The third-order valence-corrected chi connectivity index (χ3v) is 4.86. The van der Waals surface area contributed by atoms with E-state index in [1.165, 1.54) is 4.57 Å². The van der Waals surface area contributed by atoms with E-state index in [0.29, 0.717) is 11.1 Å². The molecule has 0 unspecified atom stereocenters. The molecule has 20 heavy (non-hydrogen) atoms. The third kappa shape index (κ3) is 2.99. The van der Waals surface area contributed by atoms with E-state index in [-0.39, 0.29) is 17.1 Å². The molecule has 4 nitrogen and oxygen atoms in total. The molecule has 0 N–H and O–H groups in total. The summed E-state index contributed by atoms with van der Waals surface area (Å²) in [5.74, 6) is -0.0414. The summed E-state index contributed by atoms with van der Waals surface area (Å²) < 4.78 is 25.1. The zero-order valence-corrected chi connectivity index (χ0v) is 12.4. The summed E-state index contributed by atoms with van der Waals surface area (Å²) in [6, 6.07) is 10.9. The predicted molar refractivity (Wildman–Crippen MR) is 80.3 cm³/mol. The van der Waals surface area contributed by atoms with Crippen LogP contribution in [0.3, 0.4) is 0 Å². The Morgan fingerprint density at radius 3 is 2.35 bits per heavy atom. The Balaban J connectivity index is 2.65. The van der Waals surface area contributed by atoms with Crippen molar-refractivity contribution < 1.29 is 8.42 Å². The molecule has 1 heterocycles. The van der Waals surface area contributed by atoms with Gasteiger partial charge in [-0.1, -0.05) is 37.3 Å². The van der Waals surface area contributed by atoms with Crippen molar-refractivity contribution in [1.82, 2.24) is 4.57 Å². The summed E-state index contributed by atoms with van der Waals surface area (Å²) in [5.41, 5.74) is 1.59. The van der Waals surface area contributed by atoms with E-state index in [1.807, 2.05) is 30.3 Å². The van der Waals surface area contributed by atoms with E-state index >= 15 is 0 Å². The molecule has 1 aromatic heterocycles. The second kappa shape index (κ2) is 5.63. The maximum atomic E-state index is 12.3. The van der Waals surface area contributed by atoms with Gasteiger partial charge in [-0.2, -0.15) is 0 Å². The smallest absolute Gasteiger partial charge is 0.258 e. The molecule has 106 valence electrons. The highest BCUT2D eigenvalue weighted by atomic mass is 32.2. The maximum absolute atomic E-state index is 12.3. The molecule has 0 bridgehead atoms. The van der Waals surface area contributed by atoms with E-state index in [0.717, 1.165) is 5.56 Å². The fraction of sp³-hybridized carbons (Fsp3) is 0.267. The van der Waals surface area contributed by atoms with Gasteiger partial charge in [0.1, 0.15) is 0 Å². The number of benzene rings is 1. The predicted octanol–water partition coefficient (Wildman–Crippen LogP) is 1.99. The van der Waals surface area contributed by atoms with Crippen LogP contribution in [0.1, 0.15) is 12.5 Å². The Kier molecular flexibility index (Phi) is 4.09. The monoisotopic (exact) mass is 291 g/mol. The van der Waals surface area contributed by atoms with Gasteiger partial charge in [-0.3, -0.25) is 4.79 Å². The molecular formula is C15H17NO3S. The van der Waals surface area contributed by atoms with Gasteiger partial charge in [0.15, 0.2) is 9.84 Å². The summed E-state index contributed by atoms with van der Waals surface area (Å²) in [4.78, 5) is 12.3. The average molecular weight is 291 g/mol. The van der Waals surface area contributed by atoms with Crippen molar-refractivity contribution in [2.45, 2.75) is 12.7 Å². The van der Waals surface area contributed by atoms with Crippen molar-refractivity contribution in [2.24, 2.45) is 7.05 Å². The van der Waals surface area contributed by atoms with Gasteiger partial charge < -0.3 is 4.57 Å². The fourth-order valence-corrected chi connectivity index (χ4v) is 2.96. The minimum atomic E-state index is -3.18. The lowest BCUT2D eigenvalue weighted by Crippen LogP contribution is -2.21. The minimum absolute atomic E-state index is 0.0659. The van der Waals surface area contributed by atoms with Crippen LogP contribution in [-0.4, -0.2) is 18.7 Å². The van der Waals surface area contributed by atoms with Crippen LogP contribution in [0.25, 0.3) is 11.1 Å². The van der Waals surface area contributed by atoms with Gasteiger partial charge in [0.05, 0.1) is 11.3 Å². The van der Waals surface area contributed by atoms with Gasteiger partial charge in [0, 0.05) is 19.0 Å². The second-order valence-corrected chi connectivity index (χ2v) is 7.03. The molecule has 0 spiro atoms. The van der Waals surface area contributed by atoms with Crippen LogP contribution in [0.15, 0.2) is 47.4 Å². The van der Waals surface area contributed by atoms with Crippen LogP contribution in [0, 0.1) is 0 Å². The van der Waals surface area contributed by atoms with E-state index in [1.54, 1.807) is 26.2 Å². The van der Waals surface area contributed by atoms with Crippen LogP contribution in [0.4, 0.5) is 0 Å². The number of aromatic nitrogens is 1. The summed E-state index contributed by atoms with van der Waals surface area (Å²) in [5, 5.41) is 0. The first-order valence-electron chi connectivity index (χ1n) is 6.39. The second-order valence-electron chi connectivity index (χ2n) is 4.67. The van der Waals surface area contributed by atoms with Crippen molar-refractivity contribution in [2.75, 3.05) is 5.75 Å². The lowest BCUT2D eigenvalue weighted by atomic mass is 10.0. The van der Waals surface area contributed by atoms with Gasteiger partial charge in [-0.15, -0.1) is 0 Å². The van der Waals surface area contributed by atoms with E-state index in [4.69, 9.17) is 0 Å². The Morgan fingerprint density at radius 1 is 1.10 bits per heavy atom. The highest BCUT2D eigenvalue weighted by Crippen LogP contribution is 2.21.